The Morgan fingerprint density at radius 2 is 1.81 bits per heavy atom. The lowest BCUT2D eigenvalue weighted by Gasteiger charge is -2.15. The second kappa shape index (κ2) is 11.0. The lowest BCUT2D eigenvalue weighted by atomic mass is 10.0. The van der Waals surface area contributed by atoms with Gasteiger partial charge in [-0.1, -0.05) is 36.4 Å². The molecule has 2 heterocycles. The van der Waals surface area contributed by atoms with Gasteiger partial charge in [0, 0.05) is 42.2 Å². The van der Waals surface area contributed by atoms with E-state index in [4.69, 9.17) is 16.2 Å². The van der Waals surface area contributed by atoms with E-state index in [1.54, 1.807) is 35.6 Å². The van der Waals surface area contributed by atoms with Crippen molar-refractivity contribution in [3.8, 4) is 11.3 Å². The second-order valence-corrected chi connectivity index (χ2v) is 9.12. The van der Waals surface area contributed by atoms with Crippen LogP contribution in [0.15, 0.2) is 66.7 Å². The molecule has 1 saturated heterocycles. The van der Waals surface area contributed by atoms with E-state index in [2.05, 4.69) is 5.32 Å². The summed E-state index contributed by atoms with van der Waals surface area (Å²) in [5.74, 6) is 0.481. The van der Waals surface area contributed by atoms with Crippen LogP contribution in [0, 0.1) is 5.41 Å². The van der Waals surface area contributed by atoms with E-state index < -0.39 is 0 Å². The number of carbonyl (C=O) groups excluding carboxylic acids is 2. The van der Waals surface area contributed by atoms with Crippen molar-refractivity contribution < 1.29 is 9.59 Å². The molecular weight excluding hydrogens is 452 g/mol. The van der Waals surface area contributed by atoms with E-state index in [9.17, 15) is 9.59 Å². The first kappa shape index (κ1) is 24.9. The predicted molar refractivity (Wildman–Crippen MR) is 144 cm³/mol. The molecule has 186 valence electrons. The minimum absolute atomic E-state index is 0.0644. The molecule has 36 heavy (non-hydrogen) atoms. The summed E-state index contributed by atoms with van der Waals surface area (Å²) in [7, 11) is 0. The minimum Gasteiger partial charge on any atom is -0.383 e. The zero-order valence-electron chi connectivity index (χ0n) is 20.7. The highest BCUT2D eigenvalue weighted by molar-refractivity contribution is 6.05. The summed E-state index contributed by atoms with van der Waals surface area (Å²) in [6.45, 7) is 4.36. The standard InChI is InChI=1S/C28H32N6O2/c1-19(35)8-6-7-11-25(36)33-17-16-24(18-33)34-28(30)26(20(2)29)27(32-34)21-12-14-23(15-13-21)31-22-9-4-3-5-10-22/h3-5,7,9-15,24,29,31H,6,8,16-18,30H2,1-2H3/b11-7+,29-20?. The Morgan fingerprint density at radius 3 is 2.47 bits per heavy atom. The maximum Gasteiger partial charge on any atom is 0.246 e. The van der Waals surface area contributed by atoms with E-state index in [0.29, 0.717) is 48.7 Å². The molecule has 1 fully saturated rings. The summed E-state index contributed by atoms with van der Waals surface area (Å²) in [5.41, 5.74) is 11.0. The molecular formula is C28H32N6O2. The lowest BCUT2D eigenvalue weighted by Crippen LogP contribution is -2.27. The number of nitrogens with two attached hydrogens (primary N) is 1. The molecule has 0 aliphatic carbocycles. The summed E-state index contributed by atoms with van der Waals surface area (Å²) in [5, 5.41) is 16.5. The number of Topliss-reactive ketones (excluding diaryl/α,β-unsaturated/α-hetero) is 1. The molecule has 1 aromatic heterocycles. The summed E-state index contributed by atoms with van der Waals surface area (Å²) in [6.07, 6.45) is 5.03. The molecule has 0 bridgehead atoms. The number of aromatic nitrogens is 2. The molecule has 4 N–H and O–H groups in total. The monoisotopic (exact) mass is 484 g/mol. The maximum atomic E-state index is 12.6. The molecule has 8 nitrogen and oxygen atoms in total. The highest BCUT2D eigenvalue weighted by Gasteiger charge is 2.30. The van der Waals surface area contributed by atoms with Crippen LogP contribution >= 0.6 is 0 Å². The number of benzene rings is 2. The molecule has 0 radical (unpaired) electrons. The third kappa shape index (κ3) is 5.71. The van der Waals surface area contributed by atoms with E-state index in [1.165, 1.54) is 0 Å². The Bertz CT molecular complexity index is 1280. The van der Waals surface area contributed by atoms with Gasteiger partial charge < -0.3 is 26.2 Å². The van der Waals surface area contributed by atoms with Crippen molar-refractivity contribution in [1.82, 2.24) is 14.7 Å². The van der Waals surface area contributed by atoms with Crippen LogP contribution in [0.5, 0.6) is 0 Å². The van der Waals surface area contributed by atoms with Gasteiger partial charge in [0.15, 0.2) is 0 Å². The number of hydrogen-bond acceptors (Lipinski definition) is 6. The highest BCUT2D eigenvalue weighted by atomic mass is 16.2. The average molecular weight is 485 g/mol. The van der Waals surface area contributed by atoms with Gasteiger partial charge in [0.2, 0.25) is 5.91 Å². The molecule has 1 aliphatic rings. The molecule has 1 amide bonds. The second-order valence-electron chi connectivity index (χ2n) is 9.12. The lowest BCUT2D eigenvalue weighted by molar-refractivity contribution is -0.125. The Morgan fingerprint density at radius 1 is 1.11 bits per heavy atom. The Labute approximate surface area is 211 Å². The van der Waals surface area contributed by atoms with Crippen LogP contribution in [0.4, 0.5) is 17.2 Å². The fraction of sp³-hybridized carbons (Fsp3) is 0.286. The van der Waals surface area contributed by atoms with Gasteiger partial charge in [-0.3, -0.25) is 4.79 Å². The molecule has 0 saturated carbocycles. The number of nitrogen functional groups attached to an aromatic ring is 1. The number of allylic oxidation sites excluding steroid dienone is 1. The first-order valence-electron chi connectivity index (χ1n) is 12.1. The van der Waals surface area contributed by atoms with Crippen LogP contribution in [-0.2, 0) is 9.59 Å². The maximum absolute atomic E-state index is 12.6. The fourth-order valence-corrected chi connectivity index (χ4v) is 4.41. The van der Waals surface area contributed by atoms with Crippen molar-refractivity contribution in [2.24, 2.45) is 0 Å². The molecule has 3 aromatic rings. The number of hydrogen-bond donors (Lipinski definition) is 3. The smallest absolute Gasteiger partial charge is 0.246 e. The van der Waals surface area contributed by atoms with Gasteiger partial charge in [-0.15, -0.1) is 0 Å². The number of ketones is 1. The zero-order chi connectivity index (χ0) is 25.7. The molecule has 1 aliphatic heterocycles. The van der Waals surface area contributed by atoms with Crippen molar-refractivity contribution >= 4 is 34.6 Å². The third-order valence-electron chi connectivity index (χ3n) is 6.29. The van der Waals surface area contributed by atoms with Crippen molar-refractivity contribution in [3.05, 3.63) is 72.3 Å². The number of para-hydroxylation sites is 1. The van der Waals surface area contributed by atoms with E-state index >= 15 is 0 Å². The number of rotatable bonds is 9. The highest BCUT2D eigenvalue weighted by Crippen LogP contribution is 2.33. The molecule has 2 aromatic carbocycles. The van der Waals surface area contributed by atoms with Crippen LogP contribution < -0.4 is 11.1 Å². The number of nitrogens with one attached hydrogen (secondary N) is 2. The molecule has 4 rings (SSSR count). The van der Waals surface area contributed by atoms with Crippen molar-refractivity contribution in [1.29, 1.82) is 5.41 Å². The minimum atomic E-state index is -0.0723. The summed E-state index contributed by atoms with van der Waals surface area (Å²) >= 11 is 0. The van der Waals surface area contributed by atoms with E-state index in [1.807, 2.05) is 54.6 Å². The van der Waals surface area contributed by atoms with Crippen LogP contribution in [0.25, 0.3) is 11.3 Å². The molecule has 1 atom stereocenters. The molecule has 8 heteroatoms. The van der Waals surface area contributed by atoms with Crippen molar-refractivity contribution in [2.45, 2.75) is 39.2 Å². The topological polar surface area (TPSA) is 117 Å². The van der Waals surface area contributed by atoms with E-state index in [0.717, 1.165) is 23.4 Å². The first-order chi connectivity index (χ1) is 17.3. The number of anilines is 3. The van der Waals surface area contributed by atoms with Gasteiger partial charge in [0.05, 0.1) is 11.6 Å². The molecule has 0 spiro atoms. The van der Waals surface area contributed by atoms with Gasteiger partial charge in [-0.05, 0) is 57.0 Å². The summed E-state index contributed by atoms with van der Waals surface area (Å²) in [4.78, 5) is 25.4. The number of amides is 1. The van der Waals surface area contributed by atoms with Gasteiger partial charge in [0.1, 0.15) is 17.3 Å². The van der Waals surface area contributed by atoms with Gasteiger partial charge in [-0.25, -0.2) is 4.68 Å². The summed E-state index contributed by atoms with van der Waals surface area (Å²) < 4.78 is 1.77. The number of nitrogens with zero attached hydrogens (tertiary/aromatic N) is 3. The van der Waals surface area contributed by atoms with E-state index in [-0.39, 0.29) is 17.7 Å². The Hall–Kier alpha value is -4.20. The first-order valence-corrected chi connectivity index (χ1v) is 12.1. The summed E-state index contributed by atoms with van der Waals surface area (Å²) in [6, 6.07) is 17.8. The van der Waals surface area contributed by atoms with Gasteiger partial charge in [-0.2, -0.15) is 5.10 Å². The normalized spacial score (nSPS) is 15.4. The third-order valence-corrected chi connectivity index (χ3v) is 6.29. The van der Waals surface area contributed by atoms with Gasteiger partial charge >= 0.3 is 0 Å². The molecule has 1 unspecified atom stereocenters. The van der Waals surface area contributed by atoms with Gasteiger partial charge in [0.25, 0.3) is 0 Å². The number of likely N-dealkylation sites (tertiary alicyclic amines) is 1. The zero-order valence-corrected chi connectivity index (χ0v) is 20.7. The van der Waals surface area contributed by atoms with Crippen molar-refractivity contribution in [2.75, 3.05) is 24.1 Å². The van der Waals surface area contributed by atoms with Crippen LogP contribution in [0.3, 0.4) is 0 Å². The fourth-order valence-electron chi connectivity index (χ4n) is 4.41. The van der Waals surface area contributed by atoms with Crippen molar-refractivity contribution in [3.63, 3.8) is 0 Å². The van der Waals surface area contributed by atoms with Crippen LogP contribution in [0.2, 0.25) is 0 Å². The Kier molecular flexibility index (Phi) is 7.63. The quantitative estimate of drug-likeness (QED) is 0.293. The van der Waals surface area contributed by atoms with Crippen LogP contribution in [0.1, 0.15) is 44.7 Å². The largest absolute Gasteiger partial charge is 0.383 e. The van der Waals surface area contributed by atoms with Crippen LogP contribution in [-0.4, -0.2) is 45.2 Å². The predicted octanol–water partition coefficient (Wildman–Crippen LogP) is 4.96. The Balaban J connectivity index is 1.51. The number of carbonyl (C=O) groups is 2. The average Bonchev–Trinajstić information content (AvgIpc) is 3.47. The SMILES string of the molecule is CC(=N)c1c(-c2ccc(Nc3ccccc3)cc2)nn(C2CCN(C(=O)/C=C/CCC(C)=O)C2)c1N.